The molecule has 126 valence electrons. The van der Waals surface area contributed by atoms with Gasteiger partial charge < -0.3 is 9.80 Å². The zero-order valence-electron chi connectivity index (χ0n) is 13.9. The topological polar surface area (TPSA) is 40.6 Å². The lowest BCUT2D eigenvalue weighted by Gasteiger charge is -2.22. The molecule has 0 saturated carbocycles. The van der Waals surface area contributed by atoms with Crippen molar-refractivity contribution in [3.8, 4) is 0 Å². The first kappa shape index (κ1) is 16.7. The Morgan fingerprint density at radius 3 is 2.50 bits per heavy atom. The van der Waals surface area contributed by atoms with Gasteiger partial charge in [-0.25, -0.2) is 0 Å². The zero-order chi connectivity index (χ0) is 16.9. The Morgan fingerprint density at radius 1 is 1.00 bits per heavy atom. The van der Waals surface area contributed by atoms with Crippen molar-refractivity contribution >= 4 is 23.2 Å². The molecule has 2 amide bonds. The lowest BCUT2D eigenvalue weighted by molar-refractivity contribution is -0.130. The summed E-state index contributed by atoms with van der Waals surface area (Å²) in [4.78, 5) is 29.6. The normalized spacial score (nSPS) is 15.2. The van der Waals surface area contributed by atoms with Crippen LogP contribution in [0.2, 0.25) is 0 Å². The Labute approximate surface area is 146 Å². The summed E-state index contributed by atoms with van der Waals surface area (Å²) in [6.07, 6.45) is 1.27. The molecule has 2 aromatic rings. The molecule has 1 aromatic carbocycles. The fourth-order valence-electron chi connectivity index (χ4n) is 3.01. The van der Waals surface area contributed by atoms with Crippen molar-refractivity contribution in [2.45, 2.75) is 19.8 Å². The molecule has 1 aliphatic rings. The average molecular weight is 342 g/mol. The summed E-state index contributed by atoms with van der Waals surface area (Å²) in [6, 6.07) is 11.8. The van der Waals surface area contributed by atoms with Gasteiger partial charge in [-0.2, -0.15) is 0 Å². The molecule has 5 heteroatoms. The van der Waals surface area contributed by atoms with Gasteiger partial charge in [0, 0.05) is 26.2 Å². The minimum atomic E-state index is 0.0817. The van der Waals surface area contributed by atoms with E-state index in [0.717, 1.165) is 29.0 Å². The highest BCUT2D eigenvalue weighted by atomic mass is 32.1. The number of aryl methyl sites for hydroxylation is 1. The molecule has 0 aliphatic carbocycles. The van der Waals surface area contributed by atoms with Gasteiger partial charge >= 0.3 is 0 Å². The Bertz CT molecular complexity index is 712. The van der Waals surface area contributed by atoms with Crippen LogP contribution in [-0.4, -0.2) is 47.8 Å². The van der Waals surface area contributed by atoms with Crippen molar-refractivity contribution in [1.82, 2.24) is 9.80 Å². The van der Waals surface area contributed by atoms with E-state index >= 15 is 0 Å². The van der Waals surface area contributed by atoms with Crippen molar-refractivity contribution in [3.05, 3.63) is 57.8 Å². The highest BCUT2D eigenvalue weighted by Gasteiger charge is 2.23. The van der Waals surface area contributed by atoms with Gasteiger partial charge in [-0.3, -0.25) is 9.59 Å². The fourth-order valence-corrected chi connectivity index (χ4v) is 3.70. The summed E-state index contributed by atoms with van der Waals surface area (Å²) in [5, 5.41) is 1.92. The Hall–Kier alpha value is -2.14. The van der Waals surface area contributed by atoms with E-state index in [9.17, 15) is 9.59 Å². The van der Waals surface area contributed by atoms with E-state index in [1.807, 2.05) is 58.5 Å². The number of thiophene rings is 1. The molecule has 0 N–H and O–H groups in total. The van der Waals surface area contributed by atoms with Crippen molar-refractivity contribution in [1.29, 1.82) is 0 Å². The highest BCUT2D eigenvalue weighted by Crippen LogP contribution is 2.15. The molecular weight excluding hydrogens is 320 g/mol. The number of nitrogens with zero attached hydrogens (tertiary/aromatic N) is 2. The van der Waals surface area contributed by atoms with Crippen LogP contribution in [0.5, 0.6) is 0 Å². The summed E-state index contributed by atoms with van der Waals surface area (Å²) in [5.41, 5.74) is 2.23. The van der Waals surface area contributed by atoms with Gasteiger partial charge in [0.15, 0.2) is 0 Å². The first-order chi connectivity index (χ1) is 11.6. The van der Waals surface area contributed by atoms with Gasteiger partial charge in [0.25, 0.3) is 5.91 Å². The van der Waals surface area contributed by atoms with Crippen molar-refractivity contribution in [2.75, 3.05) is 26.2 Å². The van der Waals surface area contributed by atoms with Gasteiger partial charge in [-0.05, 0) is 35.9 Å². The second kappa shape index (κ2) is 7.62. The third kappa shape index (κ3) is 3.85. The Kier molecular flexibility index (Phi) is 5.30. The van der Waals surface area contributed by atoms with Crippen LogP contribution in [0.3, 0.4) is 0 Å². The molecular formula is C19H22N2O2S. The van der Waals surface area contributed by atoms with Gasteiger partial charge in [-0.15, -0.1) is 11.3 Å². The fraction of sp³-hybridized carbons (Fsp3) is 0.368. The quantitative estimate of drug-likeness (QED) is 0.860. The number of hydrogen-bond donors (Lipinski definition) is 0. The van der Waals surface area contributed by atoms with E-state index in [1.54, 1.807) is 0 Å². The van der Waals surface area contributed by atoms with Gasteiger partial charge in [0.05, 0.1) is 11.3 Å². The van der Waals surface area contributed by atoms with E-state index in [0.29, 0.717) is 26.1 Å². The molecule has 4 nitrogen and oxygen atoms in total. The average Bonchev–Trinajstić information content (AvgIpc) is 3.00. The van der Waals surface area contributed by atoms with E-state index in [2.05, 4.69) is 0 Å². The van der Waals surface area contributed by atoms with Crippen LogP contribution in [0, 0.1) is 6.92 Å². The number of carbonyl (C=O) groups excluding carboxylic acids is 2. The zero-order valence-corrected chi connectivity index (χ0v) is 14.7. The molecule has 24 heavy (non-hydrogen) atoms. The van der Waals surface area contributed by atoms with E-state index in [1.165, 1.54) is 11.3 Å². The number of hydrogen-bond acceptors (Lipinski definition) is 3. The molecule has 3 rings (SSSR count). The van der Waals surface area contributed by atoms with Crippen LogP contribution >= 0.6 is 11.3 Å². The van der Waals surface area contributed by atoms with Crippen molar-refractivity contribution in [3.63, 3.8) is 0 Å². The maximum Gasteiger partial charge on any atom is 0.263 e. The van der Waals surface area contributed by atoms with Crippen LogP contribution < -0.4 is 0 Å². The van der Waals surface area contributed by atoms with Crippen molar-refractivity contribution < 1.29 is 9.59 Å². The molecule has 0 unspecified atom stereocenters. The monoisotopic (exact) mass is 342 g/mol. The van der Waals surface area contributed by atoms with Crippen LogP contribution in [-0.2, 0) is 11.2 Å². The Morgan fingerprint density at radius 2 is 1.75 bits per heavy atom. The van der Waals surface area contributed by atoms with Gasteiger partial charge in [0.2, 0.25) is 5.91 Å². The molecule has 1 saturated heterocycles. The first-order valence-corrected chi connectivity index (χ1v) is 9.18. The third-order valence-corrected chi connectivity index (χ3v) is 5.33. The molecule has 0 atom stereocenters. The smallest absolute Gasteiger partial charge is 0.263 e. The third-order valence-electron chi connectivity index (χ3n) is 4.47. The summed E-state index contributed by atoms with van der Waals surface area (Å²) in [7, 11) is 0. The summed E-state index contributed by atoms with van der Waals surface area (Å²) >= 11 is 1.47. The van der Waals surface area contributed by atoms with Crippen LogP contribution in [0.1, 0.15) is 27.2 Å². The van der Waals surface area contributed by atoms with E-state index < -0.39 is 0 Å². The molecule has 1 aliphatic heterocycles. The standard InChI is InChI=1S/C19H22N2O2S/c1-15-6-2-3-7-16(15)14-18(22)20-9-5-10-21(12-11-20)19(23)17-8-4-13-24-17/h2-4,6-8,13H,5,9-12,14H2,1H3. The molecule has 0 spiro atoms. The van der Waals surface area contributed by atoms with Crippen LogP contribution in [0.4, 0.5) is 0 Å². The second-order valence-corrected chi connectivity index (χ2v) is 7.05. The number of benzene rings is 1. The number of rotatable bonds is 3. The minimum Gasteiger partial charge on any atom is -0.341 e. The maximum absolute atomic E-state index is 12.6. The maximum atomic E-state index is 12.6. The molecule has 1 aromatic heterocycles. The summed E-state index contributed by atoms with van der Waals surface area (Å²) < 4.78 is 0. The highest BCUT2D eigenvalue weighted by molar-refractivity contribution is 7.12. The second-order valence-electron chi connectivity index (χ2n) is 6.11. The first-order valence-electron chi connectivity index (χ1n) is 8.30. The predicted molar refractivity (Wildman–Crippen MR) is 96.3 cm³/mol. The van der Waals surface area contributed by atoms with E-state index in [4.69, 9.17) is 0 Å². The molecule has 0 radical (unpaired) electrons. The van der Waals surface area contributed by atoms with Crippen LogP contribution in [0.15, 0.2) is 41.8 Å². The summed E-state index contributed by atoms with van der Waals surface area (Å²) in [6.45, 7) is 4.69. The lowest BCUT2D eigenvalue weighted by Crippen LogP contribution is -2.37. The van der Waals surface area contributed by atoms with Crippen LogP contribution in [0.25, 0.3) is 0 Å². The number of carbonyl (C=O) groups is 2. The molecule has 2 heterocycles. The molecule has 1 fully saturated rings. The minimum absolute atomic E-state index is 0.0817. The summed E-state index contributed by atoms with van der Waals surface area (Å²) in [5.74, 6) is 0.230. The van der Waals surface area contributed by atoms with Gasteiger partial charge in [-0.1, -0.05) is 30.3 Å². The number of amides is 2. The Balaban J connectivity index is 1.60. The predicted octanol–water partition coefficient (Wildman–Crippen LogP) is 2.97. The largest absolute Gasteiger partial charge is 0.341 e. The van der Waals surface area contributed by atoms with Crippen molar-refractivity contribution in [2.24, 2.45) is 0 Å². The SMILES string of the molecule is Cc1ccccc1CC(=O)N1CCCN(C(=O)c2cccs2)CC1. The molecule has 0 bridgehead atoms. The lowest BCUT2D eigenvalue weighted by atomic mass is 10.1. The van der Waals surface area contributed by atoms with Gasteiger partial charge in [0.1, 0.15) is 0 Å². The van der Waals surface area contributed by atoms with E-state index in [-0.39, 0.29) is 11.8 Å².